The average molecular weight is 383 g/mol. The predicted molar refractivity (Wildman–Crippen MR) is 110 cm³/mol. The van der Waals surface area contributed by atoms with Gasteiger partial charge in [-0.05, 0) is 68.0 Å². The van der Waals surface area contributed by atoms with Crippen molar-refractivity contribution < 1.29 is 14.6 Å². The van der Waals surface area contributed by atoms with Crippen molar-refractivity contribution in [1.29, 1.82) is 0 Å². The molecule has 2 aromatic rings. The van der Waals surface area contributed by atoms with Gasteiger partial charge in [-0.1, -0.05) is 13.8 Å². The molecule has 1 atom stereocenters. The highest BCUT2D eigenvalue weighted by atomic mass is 16.5. The van der Waals surface area contributed by atoms with E-state index in [9.17, 15) is 9.90 Å². The molecule has 150 valence electrons. The molecule has 0 saturated carbocycles. The van der Waals surface area contributed by atoms with Crippen molar-refractivity contribution in [2.75, 3.05) is 18.5 Å². The van der Waals surface area contributed by atoms with E-state index in [-0.39, 0.29) is 12.6 Å². The fraction of sp³-hybridized carbons (Fsp3) is 0.455. The van der Waals surface area contributed by atoms with Crippen LogP contribution >= 0.6 is 0 Å². The highest BCUT2D eigenvalue weighted by Crippen LogP contribution is 2.35. The zero-order valence-corrected chi connectivity index (χ0v) is 16.8. The van der Waals surface area contributed by atoms with Gasteiger partial charge >= 0.3 is 6.03 Å². The number of hydrogen-bond acceptors (Lipinski definition) is 4. The van der Waals surface area contributed by atoms with Gasteiger partial charge in [0, 0.05) is 18.4 Å². The average Bonchev–Trinajstić information content (AvgIpc) is 3.08. The second-order valence-electron chi connectivity index (χ2n) is 7.94. The largest absolute Gasteiger partial charge is 0.455 e. The lowest BCUT2D eigenvalue weighted by molar-refractivity contribution is 0.0728. The van der Waals surface area contributed by atoms with Gasteiger partial charge in [-0.2, -0.15) is 0 Å². The maximum absolute atomic E-state index is 12.9. The van der Waals surface area contributed by atoms with Crippen LogP contribution in [-0.4, -0.2) is 39.7 Å². The van der Waals surface area contributed by atoms with Crippen LogP contribution in [0, 0.1) is 12.8 Å². The standard InChI is InChI=1S/C22H29N3O3/c1-16(2)13-22(15-26)9-5-11-25(22)21(27)24-18-7-8-20(17(3)12-18)28-19-6-4-10-23-14-19/h4,6-8,10,12,14,16,26H,5,9,11,13,15H2,1-3H3,(H,24,27). The van der Waals surface area contributed by atoms with Crippen LogP contribution in [0.15, 0.2) is 42.7 Å². The molecule has 28 heavy (non-hydrogen) atoms. The number of amides is 2. The number of hydrogen-bond donors (Lipinski definition) is 2. The zero-order valence-electron chi connectivity index (χ0n) is 16.8. The van der Waals surface area contributed by atoms with Crippen LogP contribution in [0.1, 0.15) is 38.7 Å². The zero-order chi connectivity index (χ0) is 20.1. The van der Waals surface area contributed by atoms with E-state index in [0.717, 1.165) is 30.6 Å². The molecule has 0 aliphatic carbocycles. The van der Waals surface area contributed by atoms with E-state index < -0.39 is 5.54 Å². The Morgan fingerprint density at radius 2 is 2.21 bits per heavy atom. The molecule has 1 aliphatic heterocycles. The van der Waals surface area contributed by atoms with Gasteiger partial charge in [0.25, 0.3) is 0 Å². The first kappa shape index (κ1) is 20.1. The molecule has 1 saturated heterocycles. The summed E-state index contributed by atoms with van der Waals surface area (Å²) in [6.45, 7) is 6.84. The third kappa shape index (κ3) is 4.44. The summed E-state index contributed by atoms with van der Waals surface area (Å²) in [5, 5.41) is 13.0. The summed E-state index contributed by atoms with van der Waals surface area (Å²) in [7, 11) is 0. The van der Waals surface area contributed by atoms with Crippen LogP contribution in [-0.2, 0) is 0 Å². The normalized spacial score (nSPS) is 19.1. The van der Waals surface area contributed by atoms with Crippen molar-refractivity contribution in [1.82, 2.24) is 9.88 Å². The van der Waals surface area contributed by atoms with Crippen molar-refractivity contribution >= 4 is 11.7 Å². The first-order chi connectivity index (χ1) is 13.4. The second-order valence-corrected chi connectivity index (χ2v) is 7.94. The third-order valence-corrected chi connectivity index (χ3v) is 5.21. The smallest absolute Gasteiger partial charge is 0.322 e. The van der Waals surface area contributed by atoms with Crippen LogP contribution in [0.5, 0.6) is 11.5 Å². The number of nitrogens with one attached hydrogen (secondary N) is 1. The van der Waals surface area contributed by atoms with Crippen LogP contribution < -0.4 is 10.1 Å². The summed E-state index contributed by atoms with van der Waals surface area (Å²) < 4.78 is 5.84. The molecule has 2 amide bonds. The minimum Gasteiger partial charge on any atom is -0.455 e. The molecular weight excluding hydrogens is 354 g/mol. The summed E-state index contributed by atoms with van der Waals surface area (Å²) in [6.07, 6.45) is 5.91. The number of aryl methyl sites for hydroxylation is 1. The first-order valence-electron chi connectivity index (χ1n) is 9.81. The Morgan fingerprint density at radius 3 is 2.86 bits per heavy atom. The number of aromatic nitrogens is 1. The minimum atomic E-state index is -0.462. The molecule has 1 aromatic carbocycles. The van der Waals surface area contributed by atoms with Crippen molar-refractivity contribution in [3.05, 3.63) is 48.3 Å². The molecule has 3 rings (SSSR count). The van der Waals surface area contributed by atoms with E-state index in [0.29, 0.717) is 23.9 Å². The van der Waals surface area contributed by atoms with Gasteiger partial charge in [-0.3, -0.25) is 4.98 Å². The molecule has 1 aliphatic rings. The molecular formula is C22H29N3O3. The van der Waals surface area contributed by atoms with E-state index in [1.807, 2.05) is 42.2 Å². The van der Waals surface area contributed by atoms with Crippen molar-refractivity contribution in [3.63, 3.8) is 0 Å². The molecule has 0 spiro atoms. The maximum atomic E-state index is 12.9. The van der Waals surface area contributed by atoms with Crippen LogP contribution in [0.4, 0.5) is 10.5 Å². The molecule has 1 fully saturated rings. The Bertz CT molecular complexity index is 810. The monoisotopic (exact) mass is 383 g/mol. The van der Waals surface area contributed by atoms with Gasteiger partial charge < -0.3 is 20.1 Å². The summed E-state index contributed by atoms with van der Waals surface area (Å²) in [4.78, 5) is 18.8. The van der Waals surface area contributed by atoms with Crippen molar-refractivity contribution in [2.24, 2.45) is 5.92 Å². The number of rotatable bonds is 6. The molecule has 0 bridgehead atoms. The van der Waals surface area contributed by atoms with Crippen molar-refractivity contribution in [3.8, 4) is 11.5 Å². The predicted octanol–water partition coefficient (Wildman–Crippen LogP) is 4.59. The van der Waals surface area contributed by atoms with E-state index in [1.54, 1.807) is 12.4 Å². The molecule has 6 nitrogen and oxygen atoms in total. The fourth-order valence-corrected chi connectivity index (χ4v) is 4.02. The number of ether oxygens (including phenoxy) is 1. The topological polar surface area (TPSA) is 74.7 Å². The molecule has 6 heteroatoms. The number of aliphatic hydroxyl groups excluding tert-OH is 1. The van der Waals surface area contributed by atoms with Gasteiger partial charge in [0.15, 0.2) is 0 Å². The maximum Gasteiger partial charge on any atom is 0.322 e. The Kier molecular flexibility index (Phi) is 6.19. The SMILES string of the molecule is Cc1cc(NC(=O)N2CCCC2(CO)CC(C)C)ccc1Oc1cccnc1. The number of carbonyl (C=O) groups excluding carboxylic acids is 1. The molecule has 2 heterocycles. The molecule has 1 unspecified atom stereocenters. The summed E-state index contributed by atoms with van der Waals surface area (Å²) in [5.74, 6) is 1.80. The lowest BCUT2D eigenvalue weighted by atomic mass is 9.87. The van der Waals surface area contributed by atoms with E-state index in [1.165, 1.54) is 0 Å². The number of nitrogens with zero attached hydrogens (tertiary/aromatic N) is 2. The van der Waals surface area contributed by atoms with Crippen LogP contribution in [0.3, 0.4) is 0 Å². The van der Waals surface area contributed by atoms with Crippen LogP contribution in [0.25, 0.3) is 0 Å². The van der Waals surface area contributed by atoms with Crippen molar-refractivity contribution in [2.45, 2.75) is 45.6 Å². The van der Waals surface area contributed by atoms with Gasteiger partial charge in [0.2, 0.25) is 0 Å². The van der Waals surface area contributed by atoms with E-state index >= 15 is 0 Å². The Morgan fingerprint density at radius 1 is 1.39 bits per heavy atom. The second kappa shape index (κ2) is 8.61. The van der Waals surface area contributed by atoms with E-state index in [4.69, 9.17) is 4.74 Å². The first-order valence-corrected chi connectivity index (χ1v) is 9.81. The van der Waals surface area contributed by atoms with E-state index in [2.05, 4.69) is 24.1 Å². The van der Waals surface area contributed by atoms with Gasteiger partial charge in [-0.25, -0.2) is 4.79 Å². The number of urea groups is 1. The van der Waals surface area contributed by atoms with Gasteiger partial charge in [0.1, 0.15) is 11.5 Å². The summed E-state index contributed by atoms with van der Waals surface area (Å²) >= 11 is 0. The molecule has 1 aromatic heterocycles. The highest BCUT2D eigenvalue weighted by Gasteiger charge is 2.43. The number of likely N-dealkylation sites (tertiary alicyclic amines) is 1. The summed E-state index contributed by atoms with van der Waals surface area (Å²) in [5.41, 5.74) is 1.17. The minimum absolute atomic E-state index is 0.00445. The number of benzene rings is 1. The number of anilines is 1. The number of aliphatic hydroxyl groups is 1. The Labute approximate surface area is 166 Å². The highest BCUT2D eigenvalue weighted by molar-refractivity contribution is 5.90. The van der Waals surface area contributed by atoms with Gasteiger partial charge in [0.05, 0.1) is 18.3 Å². The fourth-order valence-electron chi connectivity index (χ4n) is 4.02. The lowest BCUT2D eigenvalue weighted by Gasteiger charge is -2.38. The third-order valence-electron chi connectivity index (χ3n) is 5.21. The summed E-state index contributed by atoms with van der Waals surface area (Å²) in [6, 6.07) is 9.07. The molecule has 0 radical (unpaired) electrons. The Balaban J connectivity index is 1.71. The lowest BCUT2D eigenvalue weighted by Crippen LogP contribution is -2.52. The number of carbonyl (C=O) groups is 1. The Hall–Kier alpha value is -2.60. The van der Waals surface area contributed by atoms with Crippen LogP contribution in [0.2, 0.25) is 0 Å². The van der Waals surface area contributed by atoms with Gasteiger partial charge in [-0.15, -0.1) is 0 Å². The molecule has 2 N–H and O–H groups in total. The quantitative estimate of drug-likeness (QED) is 0.765. The number of pyridine rings is 1.